The second-order valence-corrected chi connectivity index (χ2v) is 18.7. The lowest BCUT2D eigenvalue weighted by molar-refractivity contribution is -0.881. The predicted octanol–water partition coefficient (Wildman–Crippen LogP) is 3.76. The highest BCUT2D eigenvalue weighted by atomic mass is 35.5. The van der Waals surface area contributed by atoms with Crippen molar-refractivity contribution in [2.45, 2.75) is 63.1 Å². The number of nitrogens with zero attached hydrogens (tertiary/aromatic N) is 4. The molecule has 3 heterocycles. The first kappa shape index (κ1) is 36.6. The van der Waals surface area contributed by atoms with Crippen LogP contribution in [0.4, 0.5) is 14.9 Å². The summed E-state index contributed by atoms with van der Waals surface area (Å²) in [5.74, 6) is -3.58. The Morgan fingerprint density at radius 1 is 1.10 bits per heavy atom. The van der Waals surface area contributed by atoms with Gasteiger partial charge in [0.05, 0.1) is 65.0 Å². The number of hydrogen-bond donors (Lipinski definition) is 1. The molecule has 0 aliphatic carbocycles. The molecule has 2 aliphatic heterocycles. The molecule has 49 heavy (non-hydrogen) atoms. The number of nitrogens with one attached hydrogen (secondary N) is 1. The van der Waals surface area contributed by atoms with Crippen molar-refractivity contribution in [1.82, 2.24) is 15.5 Å². The molecule has 3 aromatic rings. The van der Waals surface area contributed by atoms with Gasteiger partial charge >= 0.3 is 6.09 Å². The van der Waals surface area contributed by atoms with Crippen LogP contribution in [0.15, 0.2) is 45.7 Å². The smallest absolute Gasteiger partial charge is 0.408 e. The molecule has 2 aromatic carbocycles. The van der Waals surface area contributed by atoms with E-state index in [-0.39, 0.29) is 60.7 Å². The average Bonchev–Trinajstić information content (AvgIpc) is 3.46. The van der Waals surface area contributed by atoms with Gasteiger partial charge in [0, 0.05) is 5.02 Å². The van der Waals surface area contributed by atoms with Crippen molar-refractivity contribution in [3.8, 4) is 11.5 Å². The lowest BCUT2D eigenvalue weighted by Crippen LogP contribution is -2.57. The van der Waals surface area contributed by atoms with Crippen molar-refractivity contribution in [3.05, 3.63) is 63.9 Å². The second kappa shape index (κ2) is 12.9. The Bertz CT molecular complexity index is 1980. The number of anilines is 1. The molecule has 0 unspecified atom stereocenters. The molecule has 1 fully saturated rings. The largest absolute Gasteiger partial charge is 0.633 e. The number of sulfone groups is 2. The zero-order valence-corrected chi connectivity index (χ0v) is 29.9. The maximum atomic E-state index is 15.8. The van der Waals surface area contributed by atoms with Crippen LogP contribution < -0.4 is 10.2 Å². The molecule has 2 aliphatic rings. The van der Waals surface area contributed by atoms with E-state index in [1.807, 2.05) is 0 Å². The molecular formula is C31H37ClFN5O9S2. The fourth-order valence-electron chi connectivity index (χ4n) is 5.72. The number of aromatic nitrogens is 2. The van der Waals surface area contributed by atoms with E-state index in [1.165, 1.54) is 0 Å². The standard InChI is InChI=1S/C31H37ClFN5O9S2/c1-30(2,3)47-29(40)34-23-17-49(44,45)25-15-22(33)21(14-24(25)37(27(23)39)16-19-6-8-20(32)9-7-19)26-35-36-28(46-26)31(4,5)18-38(41)10-12-48(42,43)13-11-38/h6-9,14-15,23H,10-13,16-18H2,1-5H3,(H,34,40)/t23-/m0/s1. The number of ether oxygens (including phenoxy) is 1. The van der Waals surface area contributed by atoms with Gasteiger partial charge in [-0.05, 0) is 64.4 Å². The minimum Gasteiger partial charge on any atom is -0.633 e. The Hall–Kier alpha value is -3.64. The van der Waals surface area contributed by atoms with Crippen LogP contribution in [0, 0.1) is 11.0 Å². The summed E-state index contributed by atoms with van der Waals surface area (Å²) >= 11 is 6.05. The first-order valence-electron chi connectivity index (χ1n) is 15.3. The average molecular weight is 742 g/mol. The SMILES string of the molecule is CC(C)(C)OC(=O)N[C@H]1CS(=O)(=O)c2cc(F)c(-c3nnc(C(C)(C)C[N+]4([O-])CCS(=O)(=O)CC4)o3)cc2N(Cc2ccc(Cl)cc2)C1=O. The van der Waals surface area contributed by atoms with Gasteiger partial charge in [0.2, 0.25) is 5.89 Å². The van der Waals surface area contributed by atoms with Crippen molar-refractivity contribution in [3.63, 3.8) is 0 Å². The Balaban J connectivity index is 1.54. The number of quaternary nitrogens is 1. The van der Waals surface area contributed by atoms with E-state index in [9.17, 15) is 31.6 Å². The highest BCUT2D eigenvalue weighted by molar-refractivity contribution is 7.91. The lowest BCUT2D eigenvalue weighted by atomic mass is 9.92. The van der Waals surface area contributed by atoms with Crippen LogP contribution in [0.3, 0.4) is 0 Å². The van der Waals surface area contributed by atoms with Gasteiger partial charge in [-0.15, -0.1) is 10.2 Å². The third-order valence-electron chi connectivity index (χ3n) is 8.11. The lowest BCUT2D eigenvalue weighted by Gasteiger charge is -2.48. The summed E-state index contributed by atoms with van der Waals surface area (Å²) in [4.78, 5) is 27.3. The molecule has 1 saturated heterocycles. The van der Waals surface area contributed by atoms with Crippen molar-refractivity contribution in [2.75, 3.05) is 41.8 Å². The van der Waals surface area contributed by atoms with Gasteiger partial charge in [0.15, 0.2) is 19.7 Å². The third kappa shape index (κ3) is 8.40. The predicted molar refractivity (Wildman–Crippen MR) is 177 cm³/mol. The van der Waals surface area contributed by atoms with E-state index in [2.05, 4.69) is 15.5 Å². The molecular weight excluding hydrogens is 705 g/mol. The van der Waals surface area contributed by atoms with Gasteiger partial charge in [-0.25, -0.2) is 26.0 Å². The molecule has 1 aromatic heterocycles. The number of halogens is 2. The first-order valence-corrected chi connectivity index (χ1v) is 19.2. The zero-order chi connectivity index (χ0) is 36.2. The van der Waals surface area contributed by atoms with Gasteiger partial charge in [-0.1, -0.05) is 23.7 Å². The quantitative estimate of drug-likeness (QED) is 0.274. The van der Waals surface area contributed by atoms with Crippen LogP contribution in [0.1, 0.15) is 46.1 Å². The molecule has 0 saturated carbocycles. The molecule has 18 heteroatoms. The number of hydroxylamine groups is 3. The summed E-state index contributed by atoms with van der Waals surface area (Å²) in [5, 5.41) is 24.2. The van der Waals surface area contributed by atoms with Crippen molar-refractivity contribution in [2.24, 2.45) is 0 Å². The molecule has 1 atom stereocenters. The minimum absolute atomic E-state index is 0.0260. The molecule has 0 bridgehead atoms. The summed E-state index contributed by atoms with van der Waals surface area (Å²) in [6, 6.07) is 6.72. The van der Waals surface area contributed by atoms with Crippen LogP contribution >= 0.6 is 11.6 Å². The van der Waals surface area contributed by atoms with Gasteiger partial charge in [-0.2, -0.15) is 0 Å². The number of hydrogen-bond acceptors (Lipinski definition) is 11. The van der Waals surface area contributed by atoms with Gasteiger partial charge in [-0.3, -0.25) is 4.79 Å². The van der Waals surface area contributed by atoms with E-state index >= 15 is 4.39 Å². The normalized spacial score (nSPS) is 20.3. The van der Waals surface area contributed by atoms with Crippen LogP contribution in [-0.4, -0.2) is 92.2 Å². The second-order valence-electron chi connectivity index (χ2n) is 13.9. The number of alkyl carbamates (subject to hydrolysis) is 1. The number of amides is 2. The summed E-state index contributed by atoms with van der Waals surface area (Å²) < 4.78 is 77.3. The molecule has 266 valence electrons. The van der Waals surface area contributed by atoms with E-state index in [0.29, 0.717) is 10.6 Å². The van der Waals surface area contributed by atoms with E-state index in [4.69, 9.17) is 20.8 Å². The minimum atomic E-state index is -4.39. The molecule has 2 amide bonds. The Morgan fingerprint density at radius 2 is 1.73 bits per heavy atom. The van der Waals surface area contributed by atoms with Crippen LogP contribution in [0.2, 0.25) is 5.02 Å². The number of rotatable bonds is 7. The zero-order valence-electron chi connectivity index (χ0n) is 27.5. The van der Waals surface area contributed by atoms with Crippen molar-refractivity contribution < 1.29 is 44.6 Å². The van der Waals surface area contributed by atoms with E-state index < -0.39 is 69.8 Å². The summed E-state index contributed by atoms with van der Waals surface area (Å²) in [6.45, 7) is 7.60. The maximum absolute atomic E-state index is 15.8. The molecule has 0 radical (unpaired) electrons. The Kier molecular flexibility index (Phi) is 9.66. The summed E-state index contributed by atoms with van der Waals surface area (Å²) in [6.07, 6.45) is -1.01. The van der Waals surface area contributed by atoms with E-state index in [1.54, 1.807) is 58.9 Å². The number of benzene rings is 2. The van der Waals surface area contributed by atoms with Crippen LogP contribution in [0.25, 0.3) is 11.5 Å². The molecule has 5 rings (SSSR count). The van der Waals surface area contributed by atoms with Crippen molar-refractivity contribution >= 4 is 49.0 Å². The fourth-order valence-corrected chi connectivity index (χ4v) is 8.89. The van der Waals surface area contributed by atoms with E-state index in [0.717, 1.165) is 17.0 Å². The Labute approximate surface area is 288 Å². The maximum Gasteiger partial charge on any atom is 0.408 e. The Morgan fingerprint density at radius 3 is 2.35 bits per heavy atom. The topological polar surface area (TPSA) is 189 Å². The highest BCUT2D eigenvalue weighted by Crippen LogP contribution is 2.38. The van der Waals surface area contributed by atoms with Gasteiger partial charge in [0.1, 0.15) is 17.5 Å². The third-order valence-corrected chi connectivity index (χ3v) is 11.7. The number of carbonyl (C=O) groups is 2. The van der Waals surface area contributed by atoms with Crippen LogP contribution in [-0.2, 0) is 41.2 Å². The first-order chi connectivity index (χ1) is 22.6. The fraction of sp³-hybridized carbons (Fsp3) is 0.484. The molecule has 1 N–H and O–H groups in total. The molecule has 14 nitrogen and oxygen atoms in total. The monoisotopic (exact) mass is 741 g/mol. The molecule has 0 spiro atoms. The summed E-state index contributed by atoms with van der Waals surface area (Å²) in [7, 11) is -7.68. The number of fused-ring (bicyclic) bond motifs is 1. The van der Waals surface area contributed by atoms with Crippen molar-refractivity contribution in [1.29, 1.82) is 0 Å². The summed E-state index contributed by atoms with van der Waals surface area (Å²) in [5.41, 5.74) is -1.96. The van der Waals surface area contributed by atoms with Gasteiger partial charge in [0.25, 0.3) is 11.8 Å². The van der Waals surface area contributed by atoms with Gasteiger partial charge < -0.3 is 29.2 Å². The number of carbonyl (C=O) groups excluding carboxylic acids is 2. The highest BCUT2D eigenvalue weighted by Gasteiger charge is 2.42. The van der Waals surface area contributed by atoms with Crippen LogP contribution in [0.5, 0.6) is 0 Å².